The molecular weight excluding hydrogens is 308 g/mol. The second-order valence-electron chi connectivity index (χ2n) is 6.83. The molecule has 0 aliphatic heterocycles. The minimum Gasteiger partial charge on any atom is -0.380 e. The van der Waals surface area contributed by atoms with Crippen molar-refractivity contribution in [3.63, 3.8) is 0 Å². The highest BCUT2D eigenvalue weighted by Gasteiger charge is 2.17. The number of sulfonamides is 1. The molecule has 0 saturated heterocycles. The maximum Gasteiger partial charge on any atom is 0.262 e. The van der Waals surface area contributed by atoms with Crippen molar-refractivity contribution in [1.29, 1.82) is 0 Å². The molecule has 0 unspecified atom stereocenters. The average Bonchev–Trinajstić information content (AvgIpc) is 2.42. The Bertz CT molecular complexity index is 789. The van der Waals surface area contributed by atoms with Gasteiger partial charge in [-0.25, -0.2) is 8.42 Å². The summed E-state index contributed by atoms with van der Waals surface area (Å²) in [5.74, 6) is 0. The van der Waals surface area contributed by atoms with Gasteiger partial charge in [-0.3, -0.25) is 4.72 Å². The number of rotatable bonds is 4. The second-order valence-corrected chi connectivity index (χ2v) is 8.48. The highest BCUT2D eigenvalue weighted by Crippen LogP contribution is 2.22. The highest BCUT2D eigenvalue weighted by atomic mass is 32.2. The van der Waals surface area contributed by atoms with Gasteiger partial charge in [-0.2, -0.15) is 0 Å². The third-order valence-corrected chi connectivity index (χ3v) is 4.81. The lowest BCUT2D eigenvalue weighted by atomic mass is 10.1. The summed E-state index contributed by atoms with van der Waals surface area (Å²) >= 11 is 0. The highest BCUT2D eigenvalue weighted by molar-refractivity contribution is 7.92. The predicted octanol–water partition coefficient (Wildman–Crippen LogP) is 4.31. The van der Waals surface area contributed by atoms with Gasteiger partial charge in [0.1, 0.15) is 0 Å². The van der Waals surface area contributed by atoms with Gasteiger partial charge in [-0.05, 0) is 76.1 Å². The fourth-order valence-corrected chi connectivity index (χ4v) is 3.65. The van der Waals surface area contributed by atoms with Crippen LogP contribution in [0.3, 0.4) is 0 Å². The summed E-state index contributed by atoms with van der Waals surface area (Å²) in [4.78, 5) is 0.314. The lowest BCUT2D eigenvalue weighted by molar-refractivity contribution is 0.600. The largest absolute Gasteiger partial charge is 0.380 e. The van der Waals surface area contributed by atoms with Gasteiger partial charge < -0.3 is 5.32 Å². The molecule has 2 aromatic carbocycles. The maximum absolute atomic E-state index is 12.6. The Morgan fingerprint density at radius 1 is 0.870 bits per heavy atom. The minimum atomic E-state index is -3.58. The molecule has 0 heterocycles. The molecule has 0 spiro atoms. The van der Waals surface area contributed by atoms with Crippen molar-refractivity contribution in [2.24, 2.45) is 0 Å². The SMILES string of the molecule is Cc1ccc(C)c(S(=O)(=O)Nc2ccc(NC(C)(C)C)cc2)c1. The number of hydrogen-bond donors (Lipinski definition) is 2. The minimum absolute atomic E-state index is 0.0420. The van der Waals surface area contributed by atoms with Gasteiger partial charge >= 0.3 is 0 Å². The van der Waals surface area contributed by atoms with Crippen LogP contribution in [0.5, 0.6) is 0 Å². The number of aryl methyl sites for hydroxylation is 2. The summed E-state index contributed by atoms with van der Waals surface area (Å²) in [6.45, 7) is 9.90. The van der Waals surface area contributed by atoms with E-state index in [9.17, 15) is 8.42 Å². The first-order chi connectivity index (χ1) is 10.6. The molecule has 0 fully saturated rings. The molecule has 0 radical (unpaired) electrons. The third-order valence-electron chi connectivity index (χ3n) is 3.29. The van der Waals surface area contributed by atoms with E-state index < -0.39 is 10.0 Å². The third kappa shape index (κ3) is 4.73. The van der Waals surface area contributed by atoms with E-state index in [2.05, 4.69) is 30.8 Å². The lowest BCUT2D eigenvalue weighted by Crippen LogP contribution is -2.25. The quantitative estimate of drug-likeness (QED) is 0.877. The van der Waals surface area contributed by atoms with Crippen molar-refractivity contribution in [1.82, 2.24) is 0 Å². The molecule has 0 amide bonds. The molecule has 23 heavy (non-hydrogen) atoms. The Hall–Kier alpha value is -2.01. The lowest BCUT2D eigenvalue weighted by Gasteiger charge is -2.22. The zero-order valence-electron chi connectivity index (χ0n) is 14.3. The van der Waals surface area contributed by atoms with Gasteiger partial charge in [0.25, 0.3) is 10.0 Å². The normalized spacial score (nSPS) is 12.0. The first-order valence-corrected chi connectivity index (χ1v) is 9.03. The molecule has 2 aromatic rings. The fraction of sp³-hybridized carbons (Fsp3) is 0.333. The summed E-state index contributed by atoms with van der Waals surface area (Å²) in [6.07, 6.45) is 0. The summed E-state index contributed by atoms with van der Waals surface area (Å²) in [6, 6.07) is 12.7. The second kappa shape index (κ2) is 6.24. The zero-order valence-corrected chi connectivity index (χ0v) is 15.1. The van der Waals surface area contributed by atoms with E-state index in [1.807, 2.05) is 31.2 Å². The van der Waals surface area contributed by atoms with Gasteiger partial charge in [0.15, 0.2) is 0 Å². The molecule has 0 aromatic heterocycles. The number of nitrogens with one attached hydrogen (secondary N) is 2. The molecule has 5 heteroatoms. The van der Waals surface area contributed by atoms with Crippen LogP contribution in [0, 0.1) is 13.8 Å². The fourth-order valence-electron chi connectivity index (χ4n) is 2.26. The molecule has 4 nitrogen and oxygen atoms in total. The van der Waals surface area contributed by atoms with E-state index in [1.54, 1.807) is 25.1 Å². The van der Waals surface area contributed by atoms with E-state index >= 15 is 0 Å². The van der Waals surface area contributed by atoms with Crippen molar-refractivity contribution in [2.45, 2.75) is 45.1 Å². The van der Waals surface area contributed by atoms with Crippen molar-refractivity contribution < 1.29 is 8.42 Å². The molecule has 2 N–H and O–H groups in total. The summed E-state index contributed by atoms with van der Waals surface area (Å²) in [7, 11) is -3.58. The first kappa shape index (κ1) is 17.3. The van der Waals surface area contributed by atoms with Gasteiger partial charge in [-0.15, -0.1) is 0 Å². The van der Waals surface area contributed by atoms with Gasteiger partial charge in [-0.1, -0.05) is 12.1 Å². The van der Waals surface area contributed by atoms with E-state index in [-0.39, 0.29) is 5.54 Å². The predicted molar refractivity (Wildman–Crippen MR) is 96.5 cm³/mol. The topological polar surface area (TPSA) is 58.2 Å². The van der Waals surface area contributed by atoms with Crippen molar-refractivity contribution >= 4 is 21.4 Å². The summed E-state index contributed by atoms with van der Waals surface area (Å²) in [5, 5.41) is 3.34. The Balaban J connectivity index is 2.22. The van der Waals surface area contributed by atoms with Crippen LogP contribution in [-0.2, 0) is 10.0 Å². The van der Waals surface area contributed by atoms with Crippen LogP contribution < -0.4 is 10.0 Å². The van der Waals surface area contributed by atoms with Crippen LogP contribution in [0.15, 0.2) is 47.4 Å². The number of anilines is 2. The molecule has 124 valence electrons. The van der Waals surface area contributed by atoms with Crippen LogP contribution in [-0.4, -0.2) is 14.0 Å². The number of hydrogen-bond acceptors (Lipinski definition) is 3. The zero-order chi connectivity index (χ0) is 17.3. The molecule has 0 bridgehead atoms. The van der Waals surface area contributed by atoms with Crippen LogP contribution in [0.25, 0.3) is 0 Å². The standard InChI is InChI=1S/C18H24N2O2S/c1-13-6-7-14(2)17(12-13)23(21,22)20-16-10-8-15(9-11-16)19-18(3,4)5/h6-12,19-20H,1-5H3. The molecule has 0 atom stereocenters. The van der Waals surface area contributed by atoms with Crippen molar-refractivity contribution in [3.05, 3.63) is 53.6 Å². The smallest absolute Gasteiger partial charge is 0.262 e. The van der Waals surface area contributed by atoms with E-state index in [1.165, 1.54) is 0 Å². The van der Waals surface area contributed by atoms with Gasteiger partial charge in [0, 0.05) is 16.9 Å². The van der Waals surface area contributed by atoms with E-state index in [0.717, 1.165) is 16.8 Å². The number of benzene rings is 2. The Morgan fingerprint density at radius 2 is 1.43 bits per heavy atom. The van der Waals surface area contributed by atoms with E-state index in [4.69, 9.17) is 0 Å². The average molecular weight is 332 g/mol. The Morgan fingerprint density at radius 3 is 2.00 bits per heavy atom. The monoisotopic (exact) mass is 332 g/mol. The summed E-state index contributed by atoms with van der Waals surface area (Å²) < 4.78 is 27.8. The van der Waals surface area contributed by atoms with Crippen molar-refractivity contribution in [3.8, 4) is 0 Å². The van der Waals surface area contributed by atoms with Gasteiger partial charge in [0.2, 0.25) is 0 Å². The van der Waals surface area contributed by atoms with Crippen LogP contribution >= 0.6 is 0 Å². The molecule has 0 aliphatic rings. The molecule has 0 saturated carbocycles. The van der Waals surface area contributed by atoms with Crippen LogP contribution in [0.4, 0.5) is 11.4 Å². The van der Waals surface area contributed by atoms with Crippen LogP contribution in [0.1, 0.15) is 31.9 Å². The first-order valence-electron chi connectivity index (χ1n) is 7.55. The van der Waals surface area contributed by atoms with Crippen molar-refractivity contribution in [2.75, 3.05) is 10.0 Å². The Labute approximate surface area is 139 Å². The Kier molecular flexibility index (Phi) is 4.71. The van der Waals surface area contributed by atoms with E-state index in [0.29, 0.717) is 10.6 Å². The molecule has 0 aliphatic carbocycles. The molecule has 2 rings (SSSR count). The van der Waals surface area contributed by atoms with Gasteiger partial charge in [0.05, 0.1) is 4.90 Å². The molecular formula is C18H24N2O2S. The van der Waals surface area contributed by atoms with Crippen LogP contribution in [0.2, 0.25) is 0 Å². The maximum atomic E-state index is 12.6. The summed E-state index contributed by atoms with van der Waals surface area (Å²) in [5.41, 5.74) is 3.10.